The third-order valence-corrected chi connectivity index (χ3v) is 2.84. The summed E-state index contributed by atoms with van der Waals surface area (Å²) in [7, 11) is 0. The number of rotatable bonds is 4. The minimum Gasteiger partial charge on any atom is -0.505 e. The molecule has 0 radical (unpaired) electrons. The van der Waals surface area contributed by atoms with Gasteiger partial charge in [0.2, 0.25) is 0 Å². The first-order valence-corrected chi connectivity index (χ1v) is 6.56. The molecule has 1 N–H and O–H groups in total. The minimum atomic E-state index is -5.24. The zero-order valence-electron chi connectivity index (χ0n) is 12.0. The van der Waals surface area contributed by atoms with E-state index < -0.39 is 29.2 Å². The van der Waals surface area contributed by atoms with Gasteiger partial charge in [-0.15, -0.1) is 5.11 Å². The first-order valence-electron chi connectivity index (χ1n) is 6.56. The van der Waals surface area contributed by atoms with E-state index in [1.807, 2.05) is 0 Å². The van der Waals surface area contributed by atoms with Crippen molar-refractivity contribution in [1.82, 2.24) is 0 Å². The molecule has 0 aliphatic heterocycles. The maximum absolute atomic E-state index is 12.8. The molecule has 0 saturated carbocycles. The minimum absolute atomic E-state index is 0.0183. The second-order valence-electron chi connectivity index (χ2n) is 4.57. The van der Waals surface area contributed by atoms with Crippen molar-refractivity contribution in [1.29, 1.82) is 0 Å². The Bertz CT molecular complexity index is 782. The molecule has 0 spiro atoms. The third kappa shape index (κ3) is 4.25. The molecule has 0 unspecified atom stereocenters. The molecule has 0 fully saturated rings. The Morgan fingerprint density at radius 2 is 1.54 bits per heavy atom. The number of benzene rings is 2. The van der Waals surface area contributed by atoms with Gasteiger partial charge in [0.25, 0.3) is 5.78 Å². The maximum atomic E-state index is 12.8. The smallest absolute Gasteiger partial charge is 0.456 e. The van der Waals surface area contributed by atoms with Crippen molar-refractivity contribution in [3.8, 4) is 0 Å². The highest BCUT2D eigenvalue weighted by Crippen LogP contribution is 2.27. The van der Waals surface area contributed by atoms with Crippen molar-refractivity contribution in [2.75, 3.05) is 0 Å². The normalized spacial score (nSPS) is 13.0. The lowest BCUT2D eigenvalue weighted by Crippen LogP contribution is -2.24. The fourth-order valence-corrected chi connectivity index (χ4v) is 1.68. The average molecular weight is 338 g/mol. The lowest BCUT2D eigenvalue weighted by atomic mass is 10.1. The molecular weight excluding hydrogens is 328 g/mol. The number of Topliss-reactive ketones (excluding diaryl/α,β-unsaturated/α-hetero) is 1. The predicted octanol–water partition coefficient (Wildman–Crippen LogP) is 4.97. The van der Waals surface area contributed by atoms with Gasteiger partial charge in [-0.05, 0) is 24.3 Å². The van der Waals surface area contributed by atoms with Crippen LogP contribution in [0.3, 0.4) is 0 Å². The Labute approximate surface area is 133 Å². The van der Waals surface area contributed by atoms with Crippen LogP contribution in [0.25, 0.3) is 5.76 Å². The number of carbonyl (C=O) groups is 1. The fraction of sp³-hybridized carbons (Fsp3) is 0.0625. The van der Waals surface area contributed by atoms with Crippen LogP contribution in [0.4, 0.5) is 23.2 Å². The summed E-state index contributed by atoms with van der Waals surface area (Å²) in [6.07, 6.45) is -5.24. The van der Waals surface area contributed by atoms with Gasteiger partial charge in [0.15, 0.2) is 11.5 Å². The van der Waals surface area contributed by atoms with Crippen molar-refractivity contribution in [2.45, 2.75) is 6.18 Å². The Morgan fingerprint density at radius 3 is 2.08 bits per heavy atom. The van der Waals surface area contributed by atoms with E-state index in [9.17, 15) is 27.5 Å². The van der Waals surface area contributed by atoms with Crippen molar-refractivity contribution >= 4 is 17.2 Å². The van der Waals surface area contributed by atoms with Crippen molar-refractivity contribution in [3.63, 3.8) is 0 Å². The molecule has 0 aliphatic carbocycles. The monoisotopic (exact) mass is 338 g/mol. The first-order chi connectivity index (χ1) is 11.3. The number of hydrogen-bond donors (Lipinski definition) is 1. The van der Waals surface area contributed by atoms with E-state index in [0.717, 1.165) is 24.3 Å². The van der Waals surface area contributed by atoms with Crippen LogP contribution in [0.1, 0.15) is 5.56 Å². The molecule has 2 rings (SSSR count). The van der Waals surface area contributed by atoms with Gasteiger partial charge < -0.3 is 5.11 Å². The quantitative estimate of drug-likeness (QED) is 0.370. The number of alkyl halides is 3. The van der Waals surface area contributed by atoms with Gasteiger partial charge >= 0.3 is 6.18 Å². The summed E-state index contributed by atoms with van der Waals surface area (Å²) >= 11 is 0. The lowest BCUT2D eigenvalue weighted by Gasteiger charge is -2.08. The van der Waals surface area contributed by atoms with Crippen molar-refractivity contribution in [3.05, 3.63) is 71.7 Å². The molecule has 2 aromatic carbocycles. The molecule has 8 heteroatoms. The van der Waals surface area contributed by atoms with Gasteiger partial charge in [-0.1, -0.05) is 30.3 Å². The van der Waals surface area contributed by atoms with Crippen LogP contribution in [0.2, 0.25) is 0 Å². The second-order valence-corrected chi connectivity index (χ2v) is 4.57. The number of azo groups is 1. The average Bonchev–Trinajstić information content (AvgIpc) is 2.56. The third-order valence-electron chi connectivity index (χ3n) is 2.84. The van der Waals surface area contributed by atoms with Gasteiger partial charge in [0.1, 0.15) is 5.82 Å². The summed E-state index contributed by atoms with van der Waals surface area (Å²) in [6.45, 7) is 0. The van der Waals surface area contributed by atoms with E-state index in [1.165, 1.54) is 24.3 Å². The SMILES string of the molecule is O=C(C(N=Nc1ccc(F)cc1)=C(O)c1ccccc1)C(F)(F)F. The molecule has 0 saturated heterocycles. The van der Waals surface area contributed by atoms with E-state index in [1.54, 1.807) is 6.07 Å². The Balaban J connectivity index is 2.47. The molecule has 0 aromatic heterocycles. The maximum Gasteiger partial charge on any atom is 0.456 e. The van der Waals surface area contributed by atoms with E-state index in [4.69, 9.17) is 0 Å². The van der Waals surface area contributed by atoms with Crippen LogP contribution in [0.15, 0.2) is 70.5 Å². The van der Waals surface area contributed by atoms with Gasteiger partial charge in [-0.2, -0.15) is 18.3 Å². The molecule has 2 aromatic rings. The van der Waals surface area contributed by atoms with Gasteiger partial charge in [0, 0.05) is 5.56 Å². The van der Waals surface area contributed by atoms with Gasteiger partial charge in [0.05, 0.1) is 5.69 Å². The highest BCUT2D eigenvalue weighted by molar-refractivity contribution is 6.04. The van der Waals surface area contributed by atoms with E-state index >= 15 is 0 Å². The van der Waals surface area contributed by atoms with E-state index in [2.05, 4.69) is 10.2 Å². The topological polar surface area (TPSA) is 62.0 Å². The molecular formula is C16H10F4N2O2. The van der Waals surface area contributed by atoms with Gasteiger partial charge in [-0.25, -0.2) is 4.39 Å². The standard InChI is InChI=1S/C16H10F4N2O2/c17-11-6-8-12(9-7-11)21-22-13(15(24)16(18,19)20)14(23)10-4-2-1-3-5-10/h1-9,23H. The van der Waals surface area contributed by atoms with E-state index in [0.29, 0.717) is 0 Å². The Hall–Kier alpha value is -3.03. The molecule has 0 bridgehead atoms. The molecule has 0 heterocycles. The lowest BCUT2D eigenvalue weighted by molar-refractivity contribution is -0.166. The van der Waals surface area contributed by atoms with Crippen LogP contribution in [-0.4, -0.2) is 17.1 Å². The van der Waals surface area contributed by atoms with Crippen LogP contribution in [0.5, 0.6) is 0 Å². The number of hydrogen-bond acceptors (Lipinski definition) is 4. The predicted molar refractivity (Wildman–Crippen MR) is 78.0 cm³/mol. The summed E-state index contributed by atoms with van der Waals surface area (Å²) in [4.78, 5) is 11.5. The number of ketones is 1. The van der Waals surface area contributed by atoms with Crippen LogP contribution in [0, 0.1) is 5.82 Å². The largest absolute Gasteiger partial charge is 0.505 e. The summed E-state index contributed by atoms with van der Waals surface area (Å²) in [5.41, 5.74) is -1.26. The molecule has 0 aliphatic rings. The van der Waals surface area contributed by atoms with Crippen LogP contribution >= 0.6 is 0 Å². The zero-order valence-corrected chi connectivity index (χ0v) is 12.0. The Kier molecular flexibility index (Phi) is 5.08. The molecule has 0 amide bonds. The zero-order chi connectivity index (χ0) is 17.7. The van der Waals surface area contributed by atoms with Gasteiger partial charge in [-0.3, -0.25) is 4.79 Å². The number of aliphatic hydroxyl groups excluding tert-OH is 1. The second kappa shape index (κ2) is 7.03. The number of carbonyl (C=O) groups excluding carboxylic acids is 1. The molecule has 24 heavy (non-hydrogen) atoms. The first kappa shape index (κ1) is 17.3. The van der Waals surface area contributed by atoms with Crippen LogP contribution in [-0.2, 0) is 4.79 Å². The Morgan fingerprint density at radius 1 is 0.958 bits per heavy atom. The molecule has 0 atom stereocenters. The summed E-state index contributed by atoms with van der Waals surface area (Å²) in [5, 5.41) is 16.7. The number of nitrogens with zero attached hydrogens (tertiary/aromatic N) is 2. The molecule has 4 nitrogen and oxygen atoms in total. The summed E-state index contributed by atoms with van der Waals surface area (Å²) < 4.78 is 50.9. The number of halogens is 4. The number of aliphatic hydroxyl groups is 1. The summed E-state index contributed by atoms with van der Waals surface area (Å²) in [6, 6.07) is 11.5. The number of allylic oxidation sites excluding steroid dienone is 1. The highest BCUT2D eigenvalue weighted by Gasteiger charge is 2.43. The van der Waals surface area contributed by atoms with Crippen LogP contribution < -0.4 is 0 Å². The fourth-order valence-electron chi connectivity index (χ4n) is 1.68. The van der Waals surface area contributed by atoms with Crippen molar-refractivity contribution in [2.24, 2.45) is 10.2 Å². The summed E-state index contributed by atoms with van der Waals surface area (Å²) in [5.74, 6) is -3.86. The highest BCUT2D eigenvalue weighted by atomic mass is 19.4. The van der Waals surface area contributed by atoms with Crippen molar-refractivity contribution < 1.29 is 27.5 Å². The van der Waals surface area contributed by atoms with E-state index in [-0.39, 0.29) is 11.3 Å². The molecule has 124 valence electrons.